The van der Waals surface area contributed by atoms with Crippen LogP contribution in [0, 0.1) is 5.41 Å². The van der Waals surface area contributed by atoms with Gasteiger partial charge >= 0.3 is 0 Å². The Morgan fingerprint density at radius 3 is 2.25 bits per heavy atom. The maximum atomic E-state index is 6.77. The largest absolute Gasteiger partial charge is 0.313 e. The smallest absolute Gasteiger partial charge is 0.0110 e. The van der Waals surface area contributed by atoms with E-state index in [1.807, 2.05) is 14.1 Å². The molecule has 0 bridgehead atoms. The van der Waals surface area contributed by atoms with Gasteiger partial charge in [0.25, 0.3) is 0 Å². The Morgan fingerprint density at radius 1 is 1.62 bits per heavy atom. The van der Waals surface area contributed by atoms with Crippen molar-refractivity contribution >= 4 is 6.21 Å². The molecule has 0 unspecified atom stereocenters. The third kappa shape index (κ3) is 2.75. The molecule has 0 saturated carbocycles. The predicted octanol–water partition coefficient (Wildman–Crippen LogP) is 0.976. The molecule has 1 N–H and O–H groups in total. The van der Waals surface area contributed by atoms with Crippen LogP contribution in [0.15, 0.2) is 0 Å². The maximum Gasteiger partial charge on any atom is 0.0110 e. The summed E-state index contributed by atoms with van der Waals surface area (Å²) in [4.78, 5) is 2.10. The summed E-state index contributed by atoms with van der Waals surface area (Å²) in [7, 11) is 4.04. The molecule has 0 aliphatic carbocycles. The Balaban J connectivity index is 3.30. The van der Waals surface area contributed by atoms with Crippen molar-refractivity contribution in [3.63, 3.8) is 0 Å². The van der Waals surface area contributed by atoms with Gasteiger partial charge in [-0.05, 0) is 33.7 Å². The highest BCUT2D eigenvalue weighted by molar-refractivity contribution is 5.53. The van der Waals surface area contributed by atoms with Crippen LogP contribution in [0.2, 0.25) is 0 Å². The topological polar surface area (TPSA) is 27.1 Å². The Hall–Kier alpha value is -0.370. The summed E-state index contributed by atoms with van der Waals surface area (Å²) in [6.07, 6.45) is 2.30. The molecule has 8 heavy (non-hydrogen) atoms. The van der Waals surface area contributed by atoms with Crippen LogP contribution in [0.1, 0.15) is 13.3 Å². The average Bonchev–Trinajstić information content (AvgIpc) is 1.67. The van der Waals surface area contributed by atoms with E-state index in [-0.39, 0.29) is 0 Å². The van der Waals surface area contributed by atoms with Crippen molar-refractivity contribution in [1.82, 2.24) is 4.90 Å². The molecule has 2 heteroatoms. The second-order valence-electron chi connectivity index (χ2n) is 2.25. The van der Waals surface area contributed by atoms with E-state index in [1.165, 1.54) is 6.21 Å². The lowest BCUT2D eigenvalue weighted by Crippen LogP contribution is -2.24. The van der Waals surface area contributed by atoms with Gasteiger partial charge in [-0.25, -0.2) is 0 Å². The van der Waals surface area contributed by atoms with Crippen molar-refractivity contribution < 1.29 is 0 Å². The van der Waals surface area contributed by atoms with Crippen LogP contribution in [0.4, 0.5) is 0 Å². The van der Waals surface area contributed by atoms with Crippen LogP contribution in [-0.4, -0.2) is 31.3 Å². The lowest BCUT2D eigenvalue weighted by Gasteiger charge is -2.16. The molecule has 0 aromatic carbocycles. The summed E-state index contributed by atoms with van der Waals surface area (Å²) in [6.45, 7) is 2.10. The molecule has 0 aromatic rings. The average molecular weight is 114 g/mol. The fourth-order valence-electron chi connectivity index (χ4n) is 0.381. The highest BCUT2D eigenvalue weighted by atomic mass is 15.1. The summed E-state index contributed by atoms with van der Waals surface area (Å²) in [5.41, 5.74) is 0. The fraction of sp³-hybridized carbons (Fsp3) is 0.833. The number of nitrogens with one attached hydrogen (secondary N) is 1. The quantitative estimate of drug-likeness (QED) is 0.544. The third-order valence-corrected chi connectivity index (χ3v) is 1.34. The number of nitrogens with zero attached hydrogens (tertiary/aromatic N) is 1. The molecule has 1 atom stereocenters. The van der Waals surface area contributed by atoms with E-state index >= 15 is 0 Å². The van der Waals surface area contributed by atoms with E-state index in [0.717, 1.165) is 6.42 Å². The fourth-order valence-corrected chi connectivity index (χ4v) is 0.381. The molecule has 0 rings (SSSR count). The second-order valence-corrected chi connectivity index (χ2v) is 2.25. The summed E-state index contributed by atoms with van der Waals surface area (Å²) in [5, 5.41) is 6.77. The molecule has 0 aromatic heterocycles. The molecule has 0 aliphatic rings. The third-order valence-electron chi connectivity index (χ3n) is 1.34. The normalized spacial score (nSPS) is 14.0. The van der Waals surface area contributed by atoms with E-state index in [2.05, 4.69) is 11.8 Å². The van der Waals surface area contributed by atoms with Crippen molar-refractivity contribution in [1.29, 1.82) is 5.41 Å². The first kappa shape index (κ1) is 7.63. The van der Waals surface area contributed by atoms with Crippen LogP contribution in [0.5, 0.6) is 0 Å². The first-order valence-corrected chi connectivity index (χ1v) is 2.84. The van der Waals surface area contributed by atoms with Crippen molar-refractivity contribution in [2.45, 2.75) is 19.4 Å². The van der Waals surface area contributed by atoms with E-state index < -0.39 is 0 Å². The molecule has 0 aliphatic heterocycles. The van der Waals surface area contributed by atoms with E-state index in [1.54, 1.807) is 0 Å². The summed E-state index contributed by atoms with van der Waals surface area (Å²) in [6, 6.07) is 0.507. The molecule has 48 valence electrons. The van der Waals surface area contributed by atoms with E-state index in [9.17, 15) is 0 Å². The molecular formula is C6H14N2. The van der Waals surface area contributed by atoms with Gasteiger partial charge in [-0.1, -0.05) is 0 Å². The van der Waals surface area contributed by atoms with E-state index in [4.69, 9.17) is 5.41 Å². The van der Waals surface area contributed by atoms with Gasteiger partial charge in [-0.3, -0.25) is 0 Å². The first-order chi connectivity index (χ1) is 3.68. The second kappa shape index (κ2) is 3.61. The molecule has 0 spiro atoms. The van der Waals surface area contributed by atoms with Crippen molar-refractivity contribution in [2.75, 3.05) is 14.1 Å². The number of hydrogen-bond acceptors (Lipinski definition) is 2. The SMILES string of the molecule is C[C@H](CC=N)N(C)C. The molecule has 0 saturated heterocycles. The van der Waals surface area contributed by atoms with Gasteiger partial charge in [0, 0.05) is 6.04 Å². The van der Waals surface area contributed by atoms with Crippen LogP contribution in [0.3, 0.4) is 0 Å². The Bertz CT molecular complexity index is 68.9. The standard InChI is InChI=1S/C6H14N2/c1-6(4-5-7)8(2)3/h5-7H,4H2,1-3H3/t6-/m1/s1. The van der Waals surface area contributed by atoms with Gasteiger partial charge in [-0.2, -0.15) is 0 Å². The zero-order valence-electron chi connectivity index (χ0n) is 5.81. The van der Waals surface area contributed by atoms with Crippen LogP contribution in [0.25, 0.3) is 0 Å². The van der Waals surface area contributed by atoms with Crippen molar-refractivity contribution in [3.05, 3.63) is 0 Å². The number of hydrogen-bond donors (Lipinski definition) is 1. The number of rotatable bonds is 3. The Kier molecular flexibility index (Phi) is 3.44. The lowest BCUT2D eigenvalue weighted by atomic mass is 10.2. The zero-order chi connectivity index (χ0) is 6.57. The first-order valence-electron chi connectivity index (χ1n) is 2.84. The minimum absolute atomic E-state index is 0.507. The van der Waals surface area contributed by atoms with Crippen molar-refractivity contribution in [3.8, 4) is 0 Å². The summed E-state index contributed by atoms with van der Waals surface area (Å²) < 4.78 is 0. The van der Waals surface area contributed by atoms with Gasteiger partial charge in [0.15, 0.2) is 0 Å². The van der Waals surface area contributed by atoms with Crippen LogP contribution >= 0.6 is 0 Å². The van der Waals surface area contributed by atoms with Crippen LogP contribution < -0.4 is 0 Å². The highest BCUT2D eigenvalue weighted by Gasteiger charge is 1.99. The van der Waals surface area contributed by atoms with Gasteiger partial charge in [0.05, 0.1) is 0 Å². The van der Waals surface area contributed by atoms with Gasteiger partial charge < -0.3 is 10.3 Å². The Morgan fingerprint density at radius 2 is 2.12 bits per heavy atom. The maximum absolute atomic E-state index is 6.77. The summed E-state index contributed by atoms with van der Waals surface area (Å²) in [5.74, 6) is 0. The minimum atomic E-state index is 0.507. The molecule has 2 nitrogen and oxygen atoms in total. The van der Waals surface area contributed by atoms with Gasteiger partial charge in [0.2, 0.25) is 0 Å². The van der Waals surface area contributed by atoms with Crippen LogP contribution in [-0.2, 0) is 0 Å². The molecule has 0 radical (unpaired) electrons. The highest BCUT2D eigenvalue weighted by Crippen LogP contribution is 1.93. The predicted molar refractivity (Wildman–Crippen MR) is 36.5 cm³/mol. The molecular weight excluding hydrogens is 100 g/mol. The van der Waals surface area contributed by atoms with Crippen molar-refractivity contribution in [2.24, 2.45) is 0 Å². The van der Waals surface area contributed by atoms with Gasteiger partial charge in [0.1, 0.15) is 0 Å². The van der Waals surface area contributed by atoms with Gasteiger partial charge in [-0.15, -0.1) is 0 Å². The lowest BCUT2D eigenvalue weighted by molar-refractivity contribution is 0.322. The summed E-state index contributed by atoms with van der Waals surface area (Å²) >= 11 is 0. The molecule has 0 fully saturated rings. The monoisotopic (exact) mass is 114 g/mol. The van der Waals surface area contributed by atoms with E-state index in [0.29, 0.717) is 6.04 Å². The minimum Gasteiger partial charge on any atom is -0.313 e. The Labute approximate surface area is 51.0 Å². The molecule has 0 heterocycles. The zero-order valence-corrected chi connectivity index (χ0v) is 5.81. The molecule has 0 amide bonds.